The van der Waals surface area contributed by atoms with E-state index in [4.69, 9.17) is 4.74 Å². The van der Waals surface area contributed by atoms with Gasteiger partial charge in [-0.05, 0) is 31.9 Å². The van der Waals surface area contributed by atoms with Gasteiger partial charge in [0.05, 0.1) is 12.7 Å². The Hall–Kier alpha value is -1.76. The fraction of sp³-hybridized carbons (Fsp3) is 0.667. The van der Waals surface area contributed by atoms with Gasteiger partial charge < -0.3 is 14.5 Å². The molecule has 0 spiro atoms. The lowest BCUT2D eigenvalue weighted by atomic mass is 9.91. The summed E-state index contributed by atoms with van der Waals surface area (Å²) in [4.78, 5) is 20.9. The Morgan fingerprint density at radius 1 is 1.40 bits per heavy atom. The predicted octanol–water partition coefficient (Wildman–Crippen LogP) is 2.96. The minimum Gasteiger partial charge on any atom is -0.375 e. The number of carbonyl (C=O) groups is 1. The molecule has 0 aromatic carbocycles. The number of hydrogen-bond acceptors (Lipinski definition) is 4. The van der Waals surface area contributed by atoms with Crippen LogP contribution in [0.3, 0.4) is 0 Å². The highest BCUT2D eigenvalue weighted by atomic mass is 19.3. The average molecular weight is 353 g/mol. The maximum absolute atomic E-state index is 13.3. The van der Waals surface area contributed by atoms with Gasteiger partial charge in [0.1, 0.15) is 5.82 Å². The van der Waals surface area contributed by atoms with E-state index in [2.05, 4.69) is 9.88 Å². The molecule has 1 amide bonds. The lowest BCUT2D eigenvalue weighted by molar-refractivity contribution is -0.0490. The molecule has 0 bridgehead atoms. The lowest BCUT2D eigenvalue weighted by Gasteiger charge is -2.35. The summed E-state index contributed by atoms with van der Waals surface area (Å²) >= 11 is 0. The van der Waals surface area contributed by atoms with Crippen molar-refractivity contribution in [3.05, 3.63) is 23.9 Å². The first-order valence-electron chi connectivity index (χ1n) is 8.83. The Balaban J connectivity index is 1.68. The molecule has 1 aliphatic carbocycles. The molecule has 0 N–H and O–H groups in total. The van der Waals surface area contributed by atoms with E-state index in [1.807, 2.05) is 6.92 Å². The number of aromatic nitrogens is 1. The molecule has 1 aromatic rings. The third-order valence-electron chi connectivity index (χ3n) is 5.11. The van der Waals surface area contributed by atoms with E-state index in [9.17, 15) is 13.6 Å². The van der Waals surface area contributed by atoms with Crippen molar-refractivity contribution in [3.63, 3.8) is 0 Å². The molecule has 1 unspecified atom stereocenters. The Bertz CT molecular complexity index is 616. The maximum atomic E-state index is 13.3. The number of pyridine rings is 1. The number of alkyl halides is 2. The molecule has 1 aromatic heterocycles. The van der Waals surface area contributed by atoms with Crippen LogP contribution in [0.15, 0.2) is 18.3 Å². The van der Waals surface area contributed by atoms with Gasteiger partial charge in [0, 0.05) is 50.8 Å². The Labute approximate surface area is 147 Å². The van der Waals surface area contributed by atoms with Gasteiger partial charge in [0.15, 0.2) is 0 Å². The molecule has 2 fully saturated rings. The molecular formula is C18H25F2N3O2. The molecule has 0 radical (unpaired) electrons. The van der Waals surface area contributed by atoms with Crippen LogP contribution < -0.4 is 4.90 Å². The molecule has 7 heteroatoms. The van der Waals surface area contributed by atoms with Crippen LogP contribution in [0, 0.1) is 0 Å². The Morgan fingerprint density at radius 2 is 2.12 bits per heavy atom. The number of nitrogens with zero attached hydrogens (tertiary/aromatic N) is 3. The van der Waals surface area contributed by atoms with Crippen molar-refractivity contribution in [2.24, 2.45) is 0 Å². The summed E-state index contributed by atoms with van der Waals surface area (Å²) in [6.45, 7) is 4.12. The summed E-state index contributed by atoms with van der Waals surface area (Å²) in [5, 5.41) is 0. The summed E-state index contributed by atoms with van der Waals surface area (Å²) in [5.74, 6) is -1.97. The van der Waals surface area contributed by atoms with Crippen LogP contribution in [0.4, 0.5) is 14.6 Å². The second-order valence-corrected chi connectivity index (χ2v) is 7.03. The molecule has 2 heterocycles. The quantitative estimate of drug-likeness (QED) is 0.838. The largest absolute Gasteiger partial charge is 0.375 e. The molecule has 1 atom stereocenters. The Morgan fingerprint density at radius 3 is 2.80 bits per heavy atom. The highest BCUT2D eigenvalue weighted by molar-refractivity contribution is 5.94. The zero-order valence-corrected chi connectivity index (χ0v) is 14.8. The van der Waals surface area contributed by atoms with Crippen molar-refractivity contribution in [2.75, 3.05) is 31.6 Å². The summed E-state index contributed by atoms with van der Waals surface area (Å²) in [5.41, 5.74) is 0.545. The number of morpholine rings is 1. The average Bonchev–Trinajstić information content (AvgIpc) is 2.60. The van der Waals surface area contributed by atoms with Gasteiger partial charge in [-0.3, -0.25) is 4.79 Å². The van der Waals surface area contributed by atoms with Crippen molar-refractivity contribution in [2.45, 2.75) is 50.7 Å². The highest BCUT2D eigenvalue weighted by Gasteiger charge is 2.37. The van der Waals surface area contributed by atoms with Crippen molar-refractivity contribution in [1.82, 2.24) is 9.88 Å². The first-order chi connectivity index (χ1) is 11.9. The van der Waals surface area contributed by atoms with Crippen LogP contribution in [0.5, 0.6) is 0 Å². The molecule has 2 aliphatic rings. The number of amides is 1. The zero-order valence-electron chi connectivity index (χ0n) is 14.8. The maximum Gasteiger partial charge on any atom is 0.254 e. The second kappa shape index (κ2) is 7.23. The van der Waals surface area contributed by atoms with E-state index in [-0.39, 0.29) is 30.9 Å². The first-order valence-corrected chi connectivity index (χ1v) is 8.83. The van der Waals surface area contributed by atoms with Crippen LogP contribution in [0.2, 0.25) is 0 Å². The number of hydrogen-bond donors (Lipinski definition) is 0. The van der Waals surface area contributed by atoms with Crippen LogP contribution in [-0.2, 0) is 4.74 Å². The Kier molecular flexibility index (Phi) is 5.22. The molecule has 1 saturated carbocycles. The van der Waals surface area contributed by atoms with Crippen molar-refractivity contribution in [1.29, 1.82) is 0 Å². The van der Waals surface area contributed by atoms with Gasteiger partial charge in [-0.1, -0.05) is 0 Å². The van der Waals surface area contributed by atoms with E-state index < -0.39 is 5.92 Å². The minimum atomic E-state index is -2.59. The van der Waals surface area contributed by atoms with Gasteiger partial charge in [-0.15, -0.1) is 0 Å². The second-order valence-electron chi connectivity index (χ2n) is 7.03. The molecule has 138 valence electrons. The number of rotatable bonds is 3. The third kappa shape index (κ3) is 4.26. The lowest BCUT2D eigenvalue weighted by Crippen LogP contribution is -2.42. The van der Waals surface area contributed by atoms with Crippen molar-refractivity contribution >= 4 is 11.7 Å². The van der Waals surface area contributed by atoms with E-state index in [1.54, 1.807) is 30.3 Å². The monoisotopic (exact) mass is 353 g/mol. The van der Waals surface area contributed by atoms with Crippen LogP contribution in [0.25, 0.3) is 0 Å². The number of ether oxygens (including phenoxy) is 1. The van der Waals surface area contributed by atoms with Gasteiger partial charge in [0.2, 0.25) is 5.92 Å². The first kappa shape index (κ1) is 18.0. The third-order valence-corrected chi connectivity index (χ3v) is 5.11. The summed E-state index contributed by atoms with van der Waals surface area (Å²) < 4.78 is 32.2. The van der Waals surface area contributed by atoms with Crippen molar-refractivity contribution in [3.8, 4) is 0 Å². The number of anilines is 1. The van der Waals surface area contributed by atoms with Gasteiger partial charge >= 0.3 is 0 Å². The fourth-order valence-electron chi connectivity index (χ4n) is 3.53. The highest BCUT2D eigenvalue weighted by Crippen LogP contribution is 2.35. The molecule has 3 rings (SSSR count). The smallest absolute Gasteiger partial charge is 0.254 e. The molecule has 1 aliphatic heterocycles. The fourth-order valence-corrected chi connectivity index (χ4v) is 3.53. The van der Waals surface area contributed by atoms with Gasteiger partial charge in [-0.25, -0.2) is 13.8 Å². The summed E-state index contributed by atoms with van der Waals surface area (Å²) in [7, 11) is 1.70. The summed E-state index contributed by atoms with van der Waals surface area (Å²) in [6.07, 6.45) is 2.14. The topological polar surface area (TPSA) is 45.7 Å². The summed E-state index contributed by atoms with van der Waals surface area (Å²) in [6, 6.07) is 3.34. The van der Waals surface area contributed by atoms with E-state index >= 15 is 0 Å². The number of halogens is 2. The molecule has 25 heavy (non-hydrogen) atoms. The number of carbonyl (C=O) groups excluding carboxylic acids is 1. The molecular weight excluding hydrogens is 328 g/mol. The van der Waals surface area contributed by atoms with Gasteiger partial charge in [-0.2, -0.15) is 0 Å². The van der Waals surface area contributed by atoms with Crippen LogP contribution >= 0.6 is 0 Å². The standard InChI is InChI=1S/C18H25F2N3O2/c1-13-12-23(9-10-25-13)16-11-14(5-8-21-16)17(24)22(2)15-3-6-18(19,20)7-4-15/h5,8,11,13,15H,3-4,6-7,9-10,12H2,1-2H3. The van der Waals surface area contributed by atoms with E-state index in [0.29, 0.717) is 25.0 Å². The SMILES string of the molecule is CC1CN(c2cc(C(=O)N(C)C3CCC(F)(F)CC3)ccn2)CCO1. The zero-order chi connectivity index (χ0) is 18.0. The molecule has 1 saturated heterocycles. The van der Waals surface area contributed by atoms with Crippen LogP contribution in [-0.4, -0.2) is 60.6 Å². The van der Waals surface area contributed by atoms with Crippen molar-refractivity contribution < 1.29 is 18.3 Å². The molecule has 5 nitrogen and oxygen atoms in total. The minimum absolute atomic E-state index is 0.126. The normalized spacial score (nSPS) is 24.2. The predicted molar refractivity (Wildman–Crippen MR) is 91.2 cm³/mol. The van der Waals surface area contributed by atoms with Gasteiger partial charge in [0.25, 0.3) is 5.91 Å². The van der Waals surface area contributed by atoms with Crippen LogP contribution in [0.1, 0.15) is 43.0 Å². The van der Waals surface area contributed by atoms with E-state index in [1.165, 1.54) is 0 Å². The van der Waals surface area contributed by atoms with E-state index in [0.717, 1.165) is 18.9 Å².